The number of halogens is 3. The minimum absolute atomic E-state index is 0.0178. The topological polar surface area (TPSA) is 117 Å². The molecule has 0 spiro atoms. The number of aromatic nitrogens is 1. The van der Waals surface area contributed by atoms with E-state index in [2.05, 4.69) is 20.3 Å². The van der Waals surface area contributed by atoms with Crippen LogP contribution >= 0.6 is 0 Å². The minimum atomic E-state index is -4.53. The lowest BCUT2D eigenvalue weighted by Crippen LogP contribution is -2.29. The Morgan fingerprint density at radius 1 is 1.16 bits per heavy atom. The van der Waals surface area contributed by atoms with Gasteiger partial charge < -0.3 is 10.6 Å². The van der Waals surface area contributed by atoms with Crippen molar-refractivity contribution in [1.29, 1.82) is 0 Å². The van der Waals surface area contributed by atoms with Gasteiger partial charge in [-0.25, -0.2) is 8.42 Å². The standard InChI is InChI=1S/C20H21F3N4O4S/c21-20(22,23)17-7-1-13(11-24-17)12-25-19(29)14-2-4-16(5-3-14)27-32(30,31)10-9-15-6-8-18(28)26-15/h1-5,7,11,15,27H,6,8-10,12H2,(H,25,29)(H,26,28)/t15-/m0/s1. The Balaban J connectivity index is 1.49. The number of rotatable bonds is 8. The van der Waals surface area contributed by atoms with Crippen LogP contribution in [0, 0.1) is 0 Å². The maximum atomic E-state index is 12.5. The lowest BCUT2D eigenvalue weighted by atomic mass is 10.2. The summed E-state index contributed by atoms with van der Waals surface area (Å²) in [5.74, 6) is -0.707. The Labute approximate surface area is 182 Å². The fourth-order valence-corrected chi connectivity index (χ4v) is 4.28. The van der Waals surface area contributed by atoms with Gasteiger partial charge in [-0.3, -0.25) is 19.3 Å². The summed E-state index contributed by atoms with van der Waals surface area (Å²) in [5.41, 5.74) is -0.0850. The average Bonchev–Trinajstić information content (AvgIpc) is 3.16. The quantitative estimate of drug-likeness (QED) is 0.548. The van der Waals surface area contributed by atoms with E-state index in [1.165, 1.54) is 30.3 Å². The van der Waals surface area contributed by atoms with Crippen LogP contribution in [0.1, 0.15) is 40.9 Å². The maximum absolute atomic E-state index is 12.5. The summed E-state index contributed by atoms with van der Waals surface area (Å²) in [6.45, 7) is -0.0178. The van der Waals surface area contributed by atoms with Crippen LogP contribution in [0.3, 0.4) is 0 Å². The molecule has 1 saturated heterocycles. The molecule has 1 fully saturated rings. The zero-order chi connectivity index (χ0) is 23.4. The smallest absolute Gasteiger partial charge is 0.353 e. The van der Waals surface area contributed by atoms with E-state index in [9.17, 15) is 31.2 Å². The number of hydrogen-bond donors (Lipinski definition) is 3. The molecule has 3 N–H and O–H groups in total. The van der Waals surface area contributed by atoms with Crippen molar-refractivity contribution < 1.29 is 31.2 Å². The Bertz CT molecular complexity index is 1070. The summed E-state index contributed by atoms with van der Waals surface area (Å²) in [6, 6.07) is 7.64. The molecule has 8 nitrogen and oxygen atoms in total. The van der Waals surface area contributed by atoms with E-state index in [0.717, 1.165) is 12.3 Å². The number of nitrogens with zero attached hydrogens (tertiary/aromatic N) is 1. The summed E-state index contributed by atoms with van der Waals surface area (Å²) in [5, 5.41) is 5.28. The number of carbonyl (C=O) groups is 2. The molecule has 1 aromatic carbocycles. The van der Waals surface area contributed by atoms with Crippen LogP contribution in [0.5, 0.6) is 0 Å². The van der Waals surface area contributed by atoms with Crippen molar-refractivity contribution in [2.24, 2.45) is 0 Å². The van der Waals surface area contributed by atoms with Crippen molar-refractivity contribution in [2.45, 2.75) is 38.0 Å². The molecule has 2 amide bonds. The van der Waals surface area contributed by atoms with Gasteiger partial charge in [0, 0.05) is 36.5 Å². The molecular formula is C20H21F3N4O4S. The largest absolute Gasteiger partial charge is 0.433 e. The number of benzene rings is 1. The highest BCUT2D eigenvalue weighted by atomic mass is 32.2. The fourth-order valence-electron chi connectivity index (χ4n) is 3.09. The first-order valence-corrected chi connectivity index (χ1v) is 11.4. The number of sulfonamides is 1. The lowest BCUT2D eigenvalue weighted by molar-refractivity contribution is -0.141. The lowest BCUT2D eigenvalue weighted by Gasteiger charge is -2.12. The zero-order valence-electron chi connectivity index (χ0n) is 16.8. The normalized spacial score (nSPS) is 16.5. The van der Waals surface area contributed by atoms with Crippen molar-refractivity contribution in [3.8, 4) is 0 Å². The van der Waals surface area contributed by atoms with Crippen molar-refractivity contribution in [3.05, 3.63) is 59.4 Å². The van der Waals surface area contributed by atoms with Gasteiger partial charge >= 0.3 is 6.18 Å². The highest BCUT2D eigenvalue weighted by Gasteiger charge is 2.32. The number of alkyl halides is 3. The third-order valence-electron chi connectivity index (χ3n) is 4.81. The van der Waals surface area contributed by atoms with Crippen LogP contribution in [-0.2, 0) is 27.5 Å². The molecule has 12 heteroatoms. The van der Waals surface area contributed by atoms with Crippen LogP contribution in [0.2, 0.25) is 0 Å². The molecule has 2 heterocycles. The molecule has 32 heavy (non-hydrogen) atoms. The van der Waals surface area contributed by atoms with E-state index in [4.69, 9.17) is 0 Å². The SMILES string of the molecule is O=C1CC[C@@H](CCS(=O)(=O)Nc2ccc(C(=O)NCc3ccc(C(F)(F)F)nc3)cc2)N1. The Kier molecular flexibility index (Phi) is 7.02. The molecule has 2 aromatic rings. The summed E-state index contributed by atoms with van der Waals surface area (Å²) in [6.07, 6.45) is -2.17. The fraction of sp³-hybridized carbons (Fsp3) is 0.350. The number of amides is 2. The first-order chi connectivity index (χ1) is 15.0. The van der Waals surface area contributed by atoms with Crippen molar-refractivity contribution in [2.75, 3.05) is 10.5 Å². The van der Waals surface area contributed by atoms with Gasteiger partial charge in [0.05, 0.1) is 5.75 Å². The highest BCUT2D eigenvalue weighted by Crippen LogP contribution is 2.27. The Morgan fingerprint density at radius 3 is 2.44 bits per heavy atom. The first-order valence-electron chi connectivity index (χ1n) is 9.72. The summed E-state index contributed by atoms with van der Waals surface area (Å²) < 4.78 is 64.5. The van der Waals surface area contributed by atoms with Crippen LogP contribution in [0.15, 0.2) is 42.6 Å². The molecule has 172 valence electrons. The van der Waals surface area contributed by atoms with Crippen molar-refractivity contribution in [1.82, 2.24) is 15.6 Å². The molecule has 0 unspecified atom stereocenters. The monoisotopic (exact) mass is 470 g/mol. The third-order valence-corrected chi connectivity index (χ3v) is 6.13. The van der Waals surface area contributed by atoms with Crippen molar-refractivity contribution >= 4 is 27.5 Å². The molecule has 0 saturated carbocycles. The number of nitrogens with one attached hydrogen (secondary N) is 3. The molecule has 0 aliphatic carbocycles. The number of carbonyl (C=O) groups excluding carboxylic acids is 2. The van der Waals surface area contributed by atoms with Gasteiger partial charge in [0.15, 0.2) is 0 Å². The van der Waals surface area contributed by atoms with Crippen LogP contribution in [-0.4, -0.2) is 37.0 Å². The second-order valence-electron chi connectivity index (χ2n) is 7.32. The predicted molar refractivity (Wildman–Crippen MR) is 110 cm³/mol. The second-order valence-corrected chi connectivity index (χ2v) is 9.16. The van der Waals surface area contributed by atoms with Crippen LogP contribution < -0.4 is 15.4 Å². The molecule has 1 atom stereocenters. The van der Waals surface area contributed by atoms with Gasteiger partial charge in [-0.05, 0) is 48.7 Å². The molecule has 1 aliphatic heterocycles. The minimum Gasteiger partial charge on any atom is -0.353 e. The molecule has 3 rings (SSSR count). The molecule has 1 aromatic heterocycles. The Hall–Kier alpha value is -3.15. The van der Waals surface area contributed by atoms with E-state index in [1.54, 1.807) is 0 Å². The number of pyridine rings is 1. The van der Waals surface area contributed by atoms with Gasteiger partial charge in [0.2, 0.25) is 15.9 Å². The maximum Gasteiger partial charge on any atom is 0.433 e. The molecule has 0 bridgehead atoms. The average molecular weight is 470 g/mol. The molecule has 0 radical (unpaired) electrons. The van der Waals surface area contributed by atoms with Crippen molar-refractivity contribution in [3.63, 3.8) is 0 Å². The van der Waals surface area contributed by atoms with Crippen LogP contribution in [0.4, 0.5) is 18.9 Å². The zero-order valence-corrected chi connectivity index (χ0v) is 17.6. The van der Waals surface area contributed by atoms with Gasteiger partial charge in [0.1, 0.15) is 5.69 Å². The van der Waals surface area contributed by atoms with E-state index >= 15 is 0 Å². The van der Waals surface area contributed by atoms with E-state index in [0.29, 0.717) is 24.8 Å². The summed E-state index contributed by atoms with van der Waals surface area (Å²) >= 11 is 0. The van der Waals surface area contributed by atoms with E-state index in [-0.39, 0.29) is 35.5 Å². The second kappa shape index (κ2) is 9.55. The Morgan fingerprint density at radius 2 is 1.88 bits per heavy atom. The third kappa shape index (κ3) is 6.67. The summed E-state index contributed by atoms with van der Waals surface area (Å²) in [7, 11) is -3.62. The van der Waals surface area contributed by atoms with Gasteiger partial charge in [-0.2, -0.15) is 13.2 Å². The van der Waals surface area contributed by atoms with Gasteiger partial charge in [0.25, 0.3) is 5.91 Å². The van der Waals surface area contributed by atoms with E-state index < -0.39 is 27.8 Å². The molecule has 1 aliphatic rings. The van der Waals surface area contributed by atoms with Gasteiger partial charge in [-0.15, -0.1) is 0 Å². The van der Waals surface area contributed by atoms with Crippen LogP contribution in [0.25, 0.3) is 0 Å². The highest BCUT2D eigenvalue weighted by molar-refractivity contribution is 7.92. The molecular weight excluding hydrogens is 449 g/mol. The van der Waals surface area contributed by atoms with E-state index in [1.807, 2.05) is 0 Å². The number of hydrogen-bond acceptors (Lipinski definition) is 5. The predicted octanol–water partition coefficient (Wildman–Crippen LogP) is 2.44. The number of anilines is 1. The summed E-state index contributed by atoms with van der Waals surface area (Å²) in [4.78, 5) is 26.7. The van der Waals surface area contributed by atoms with Gasteiger partial charge in [-0.1, -0.05) is 6.07 Å². The first kappa shape index (κ1) is 23.5.